The topological polar surface area (TPSA) is 88.3 Å². The summed E-state index contributed by atoms with van der Waals surface area (Å²) in [5.41, 5.74) is 1.30. The molecule has 144 valence electrons. The summed E-state index contributed by atoms with van der Waals surface area (Å²) in [5, 5.41) is 15.0. The fraction of sp³-hybridized carbons (Fsp3) is 0.600. The standard InChI is InChI=1S/C20H26N4O3/c1-4-13(3)24-17-16(9-21-24)15(8-12(2)22-17)18(25)23-10-14-6-5-7-20(14,11-23)19(26)27/h8-9,13-14H,4-7,10-11H2,1-3H3,(H,26,27)/t13?,14-,20+/m0/s1. The van der Waals surface area contributed by atoms with Gasteiger partial charge in [-0.15, -0.1) is 0 Å². The second-order valence-electron chi connectivity index (χ2n) is 8.13. The third kappa shape index (κ3) is 2.63. The molecule has 7 nitrogen and oxygen atoms in total. The molecule has 0 spiro atoms. The Morgan fingerprint density at radius 3 is 2.89 bits per heavy atom. The molecule has 2 aromatic rings. The number of carboxylic acids is 1. The molecule has 3 heterocycles. The summed E-state index contributed by atoms with van der Waals surface area (Å²) in [6, 6.07) is 2.00. The first kappa shape index (κ1) is 17.9. The van der Waals surface area contributed by atoms with E-state index in [9.17, 15) is 14.7 Å². The molecular formula is C20H26N4O3. The Morgan fingerprint density at radius 1 is 1.44 bits per heavy atom. The highest BCUT2D eigenvalue weighted by molar-refractivity contribution is 6.06. The Balaban J connectivity index is 1.72. The summed E-state index contributed by atoms with van der Waals surface area (Å²) < 4.78 is 1.87. The van der Waals surface area contributed by atoms with Crippen molar-refractivity contribution in [1.82, 2.24) is 19.7 Å². The molecule has 1 aliphatic carbocycles. The van der Waals surface area contributed by atoms with Crippen molar-refractivity contribution in [1.29, 1.82) is 0 Å². The van der Waals surface area contributed by atoms with Crippen LogP contribution >= 0.6 is 0 Å². The number of fused-ring (bicyclic) bond motifs is 2. The Morgan fingerprint density at radius 2 is 2.22 bits per heavy atom. The minimum atomic E-state index is -0.766. The lowest BCUT2D eigenvalue weighted by Gasteiger charge is -2.23. The van der Waals surface area contributed by atoms with Gasteiger partial charge in [0.05, 0.1) is 28.6 Å². The molecule has 0 radical (unpaired) electrons. The molecule has 0 aromatic carbocycles. The number of carbonyl (C=O) groups excluding carboxylic acids is 1. The third-order valence-electron chi connectivity index (χ3n) is 6.52. The van der Waals surface area contributed by atoms with E-state index < -0.39 is 11.4 Å². The van der Waals surface area contributed by atoms with Gasteiger partial charge < -0.3 is 10.0 Å². The van der Waals surface area contributed by atoms with Crippen LogP contribution in [0.4, 0.5) is 0 Å². The zero-order valence-corrected chi connectivity index (χ0v) is 16.1. The molecule has 4 rings (SSSR count). The lowest BCUT2D eigenvalue weighted by molar-refractivity contribution is -0.149. The van der Waals surface area contributed by atoms with Crippen LogP contribution in [0, 0.1) is 18.3 Å². The SMILES string of the molecule is CCC(C)n1ncc2c(C(=O)N3C[C@@H]4CCC[C@@]4(C(=O)O)C3)cc(C)nc21. The zero-order chi connectivity index (χ0) is 19.3. The van der Waals surface area contributed by atoms with Crippen LogP contribution in [0.3, 0.4) is 0 Å². The number of hydrogen-bond acceptors (Lipinski definition) is 4. The van der Waals surface area contributed by atoms with Crippen LogP contribution in [0.25, 0.3) is 11.0 Å². The van der Waals surface area contributed by atoms with E-state index in [-0.39, 0.29) is 17.9 Å². The summed E-state index contributed by atoms with van der Waals surface area (Å²) in [6.07, 6.45) is 5.11. The summed E-state index contributed by atoms with van der Waals surface area (Å²) in [4.78, 5) is 31.6. The number of pyridine rings is 1. The molecule has 7 heteroatoms. The van der Waals surface area contributed by atoms with E-state index in [1.54, 1.807) is 17.2 Å². The van der Waals surface area contributed by atoms with Gasteiger partial charge in [0.25, 0.3) is 5.91 Å². The predicted octanol–water partition coefficient (Wildman–Crippen LogP) is 3.04. The molecule has 1 unspecified atom stereocenters. The minimum Gasteiger partial charge on any atom is -0.481 e. The maximum absolute atomic E-state index is 13.3. The van der Waals surface area contributed by atoms with E-state index in [0.717, 1.165) is 36.0 Å². The van der Waals surface area contributed by atoms with Gasteiger partial charge >= 0.3 is 5.97 Å². The van der Waals surface area contributed by atoms with Crippen LogP contribution in [0.1, 0.15) is 61.6 Å². The van der Waals surface area contributed by atoms with Crippen LogP contribution in [0.15, 0.2) is 12.3 Å². The molecule has 0 bridgehead atoms. The van der Waals surface area contributed by atoms with Crippen molar-refractivity contribution in [2.24, 2.45) is 11.3 Å². The van der Waals surface area contributed by atoms with Crippen LogP contribution in [-0.4, -0.2) is 49.7 Å². The van der Waals surface area contributed by atoms with Gasteiger partial charge in [0.1, 0.15) is 0 Å². The number of aryl methyl sites for hydroxylation is 1. The highest BCUT2D eigenvalue weighted by Gasteiger charge is 2.55. The first-order valence-electron chi connectivity index (χ1n) is 9.75. The van der Waals surface area contributed by atoms with E-state index >= 15 is 0 Å². The number of rotatable bonds is 4. The Kier molecular flexibility index (Phi) is 4.20. The van der Waals surface area contributed by atoms with Crippen molar-refractivity contribution >= 4 is 22.9 Å². The van der Waals surface area contributed by atoms with Gasteiger partial charge in [0.2, 0.25) is 0 Å². The van der Waals surface area contributed by atoms with Gasteiger partial charge in [-0.3, -0.25) is 9.59 Å². The van der Waals surface area contributed by atoms with E-state index in [1.165, 1.54) is 0 Å². The molecule has 1 aliphatic heterocycles. The van der Waals surface area contributed by atoms with Gasteiger partial charge in [-0.25, -0.2) is 9.67 Å². The fourth-order valence-corrected chi connectivity index (χ4v) is 4.78. The minimum absolute atomic E-state index is 0.0558. The number of aliphatic carboxylic acids is 1. The predicted molar refractivity (Wildman–Crippen MR) is 101 cm³/mol. The smallest absolute Gasteiger partial charge is 0.311 e. The van der Waals surface area contributed by atoms with Gasteiger partial charge in [0, 0.05) is 18.8 Å². The van der Waals surface area contributed by atoms with E-state index in [2.05, 4.69) is 23.9 Å². The Bertz CT molecular complexity index is 921. The van der Waals surface area contributed by atoms with Crippen LogP contribution in [0.2, 0.25) is 0 Å². The van der Waals surface area contributed by atoms with Crippen molar-refractivity contribution < 1.29 is 14.7 Å². The van der Waals surface area contributed by atoms with E-state index in [0.29, 0.717) is 25.1 Å². The monoisotopic (exact) mass is 370 g/mol. The highest BCUT2D eigenvalue weighted by Crippen LogP contribution is 2.49. The number of carbonyl (C=O) groups is 2. The number of amides is 1. The summed E-state index contributed by atoms with van der Waals surface area (Å²) in [7, 11) is 0. The second kappa shape index (κ2) is 6.32. The molecule has 2 aliphatic rings. The van der Waals surface area contributed by atoms with E-state index in [1.807, 2.05) is 11.6 Å². The summed E-state index contributed by atoms with van der Waals surface area (Å²) in [5.74, 6) is -0.814. The van der Waals surface area contributed by atoms with Gasteiger partial charge in [-0.1, -0.05) is 13.3 Å². The molecule has 27 heavy (non-hydrogen) atoms. The molecular weight excluding hydrogens is 344 g/mol. The summed E-state index contributed by atoms with van der Waals surface area (Å²) in [6.45, 7) is 6.87. The number of nitrogens with zero attached hydrogens (tertiary/aromatic N) is 4. The lowest BCUT2D eigenvalue weighted by Crippen LogP contribution is -2.37. The summed E-state index contributed by atoms with van der Waals surface area (Å²) >= 11 is 0. The van der Waals surface area contributed by atoms with Crippen molar-refractivity contribution in [3.8, 4) is 0 Å². The average molecular weight is 370 g/mol. The fourth-order valence-electron chi connectivity index (χ4n) is 4.78. The van der Waals surface area contributed by atoms with Crippen LogP contribution < -0.4 is 0 Å². The molecule has 1 saturated heterocycles. The van der Waals surface area contributed by atoms with Gasteiger partial charge in [0.15, 0.2) is 5.65 Å². The van der Waals surface area contributed by atoms with Crippen molar-refractivity contribution in [3.05, 3.63) is 23.5 Å². The van der Waals surface area contributed by atoms with Crippen molar-refractivity contribution in [2.75, 3.05) is 13.1 Å². The molecule has 3 atom stereocenters. The molecule has 2 aromatic heterocycles. The first-order chi connectivity index (χ1) is 12.9. The zero-order valence-electron chi connectivity index (χ0n) is 16.1. The Hall–Kier alpha value is -2.44. The number of carboxylic acid groups (broad SMARTS) is 1. The van der Waals surface area contributed by atoms with Crippen LogP contribution in [-0.2, 0) is 4.79 Å². The molecule has 1 N–H and O–H groups in total. The number of aromatic nitrogens is 3. The first-order valence-corrected chi connectivity index (χ1v) is 9.75. The van der Waals surface area contributed by atoms with Gasteiger partial charge in [-0.05, 0) is 45.1 Å². The van der Waals surface area contributed by atoms with Crippen molar-refractivity contribution in [2.45, 2.75) is 52.5 Å². The highest BCUT2D eigenvalue weighted by atomic mass is 16.4. The number of hydrogen-bond donors (Lipinski definition) is 1. The van der Waals surface area contributed by atoms with E-state index in [4.69, 9.17) is 0 Å². The lowest BCUT2D eigenvalue weighted by atomic mass is 9.81. The quantitative estimate of drug-likeness (QED) is 0.894. The van der Waals surface area contributed by atoms with Gasteiger partial charge in [-0.2, -0.15) is 5.10 Å². The largest absolute Gasteiger partial charge is 0.481 e. The molecule has 2 fully saturated rings. The third-order valence-corrected chi connectivity index (χ3v) is 6.52. The molecule has 1 saturated carbocycles. The molecule has 1 amide bonds. The average Bonchev–Trinajstić information content (AvgIpc) is 3.31. The number of likely N-dealkylation sites (tertiary alicyclic amines) is 1. The maximum atomic E-state index is 13.3. The maximum Gasteiger partial charge on any atom is 0.311 e. The second-order valence-corrected chi connectivity index (χ2v) is 8.13. The van der Waals surface area contributed by atoms with Crippen LogP contribution in [0.5, 0.6) is 0 Å². The van der Waals surface area contributed by atoms with Crippen molar-refractivity contribution in [3.63, 3.8) is 0 Å². The Labute approximate surface area is 158 Å². The normalized spacial score (nSPS) is 25.7.